The molecule has 1 heterocycles. The first-order valence-electron chi connectivity index (χ1n) is 7.46. The van der Waals surface area contributed by atoms with Crippen molar-refractivity contribution in [2.75, 3.05) is 19.6 Å². The van der Waals surface area contributed by atoms with E-state index in [0.29, 0.717) is 11.5 Å². The molecule has 0 aromatic carbocycles. The molecule has 1 saturated carbocycles. The molecule has 0 bridgehead atoms. The zero-order valence-electron chi connectivity index (χ0n) is 11.9. The van der Waals surface area contributed by atoms with Crippen molar-refractivity contribution in [1.82, 2.24) is 4.90 Å². The Labute approximate surface area is 107 Å². The molecule has 0 amide bonds. The Balaban J connectivity index is 1.93. The fraction of sp³-hybridized carbons (Fsp3) is 1.00. The molecule has 2 nitrogen and oxygen atoms in total. The molecule has 0 aromatic heterocycles. The van der Waals surface area contributed by atoms with Crippen LogP contribution < -0.4 is 5.73 Å². The van der Waals surface area contributed by atoms with Crippen LogP contribution in [0.1, 0.15) is 52.9 Å². The smallest absolute Gasteiger partial charge is 0.0246 e. The van der Waals surface area contributed by atoms with E-state index in [0.717, 1.165) is 18.4 Å². The average Bonchev–Trinajstić information content (AvgIpc) is 2.87. The fourth-order valence-electron chi connectivity index (χ4n) is 3.78. The minimum Gasteiger partial charge on any atom is -0.329 e. The average molecular weight is 238 g/mol. The summed E-state index contributed by atoms with van der Waals surface area (Å²) in [7, 11) is 0. The Bertz CT molecular complexity index is 238. The van der Waals surface area contributed by atoms with E-state index in [9.17, 15) is 0 Å². The largest absolute Gasteiger partial charge is 0.329 e. The lowest BCUT2D eigenvalue weighted by Crippen LogP contribution is -2.44. The van der Waals surface area contributed by atoms with Gasteiger partial charge in [0.25, 0.3) is 0 Å². The summed E-state index contributed by atoms with van der Waals surface area (Å²) in [6.07, 6.45) is 7.05. The van der Waals surface area contributed by atoms with E-state index < -0.39 is 0 Å². The number of nitrogens with zero attached hydrogens (tertiary/aromatic N) is 1. The lowest BCUT2D eigenvalue weighted by molar-refractivity contribution is 0.156. The van der Waals surface area contributed by atoms with Crippen molar-refractivity contribution in [1.29, 1.82) is 0 Å². The van der Waals surface area contributed by atoms with Gasteiger partial charge >= 0.3 is 0 Å². The zero-order valence-corrected chi connectivity index (χ0v) is 11.9. The summed E-state index contributed by atoms with van der Waals surface area (Å²) >= 11 is 0. The molecule has 0 radical (unpaired) electrons. The van der Waals surface area contributed by atoms with E-state index in [-0.39, 0.29) is 0 Å². The van der Waals surface area contributed by atoms with E-state index in [4.69, 9.17) is 5.73 Å². The molecular weight excluding hydrogens is 208 g/mol. The summed E-state index contributed by atoms with van der Waals surface area (Å²) in [5.41, 5.74) is 6.51. The number of rotatable bonds is 3. The number of hydrogen-bond acceptors (Lipinski definition) is 2. The first kappa shape index (κ1) is 13.4. The summed E-state index contributed by atoms with van der Waals surface area (Å²) in [5, 5.41) is 0. The lowest BCUT2D eigenvalue weighted by atomic mass is 9.80. The molecule has 1 aliphatic carbocycles. The highest BCUT2D eigenvalue weighted by molar-refractivity contribution is 4.91. The van der Waals surface area contributed by atoms with Crippen molar-refractivity contribution in [2.24, 2.45) is 23.0 Å². The highest BCUT2D eigenvalue weighted by atomic mass is 15.2. The third kappa shape index (κ3) is 3.03. The Morgan fingerprint density at radius 1 is 1.18 bits per heavy atom. The van der Waals surface area contributed by atoms with E-state index in [1.54, 1.807) is 0 Å². The second-order valence-electron chi connectivity index (χ2n) is 7.19. The lowest BCUT2D eigenvalue weighted by Gasteiger charge is -2.33. The third-order valence-corrected chi connectivity index (χ3v) is 5.10. The number of likely N-dealkylation sites (tertiary alicyclic amines) is 1. The fourth-order valence-corrected chi connectivity index (χ4v) is 3.78. The zero-order chi connectivity index (χ0) is 12.5. The van der Waals surface area contributed by atoms with E-state index in [2.05, 4.69) is 25.7 Å². The van der Waals surface area contributed by atoms with Crippen LogP contribution in [0.4, 0.5) is 0 Å². The predicted molar refractivity (Wildman–Crippen MR) is 73.9 cm³/mol. The van der Waals surface area contributed by atoms with Gasteiger partial charge in [-0.2, -0.15) is 0 Å². The molecule has 1 saturated heterocycles. The molecule has 0 spiro atoms. The van der Waals surface area contributed by atoms with Gasteiger partial charge in [-0.3, -0.25) is 4.90 Å². The van der Waals surface area contributed by atoms with Crippen LogP contribution in [0.5, 0.6) is 0 Å². The van der Waals surface area contributed by atoms with Gasteiger partial charge in [0.2, 0.25) is 0 Å². The van der Waals surface area contributed by atoms with Crippen LogP contribution in [0.2, 0.25) is 0 Å². The van der Waals surface area contributed by atoms with Crippen LogP contribution >= 0.6 is 0 Å². The molecule has 0 aromatic rings. The second-order valence-corrected chi connectivity index (χ2v) is 7.19. The first-order valence-corrected chi connectivity index (χ1v) is 7.46. The van der Waals surface area contributed by atoms with Crippen LogP contribution in [0, 0.1) is 17.3 Å². The maximum atomic E-state index is 6.05. The first-order chi connectivity index (χ1) is 8.02. The summed E-state index contributed by atoms with van der Waals surface area (Å²) < 4.78 is 0. The van der Waals surface area contributed by atoms with Gasteiger partial charge in [-0.1, -0.05) is 33.6 Å². The molecule has 2 aliphatic rings. The molecule has 2 rings (SSSR count). The SMILES string of the molecule is CC(C)(C)C1CCN(C(CN)C2CCCC2)C1. The maximum Gasteiger partial charge on any atom is 0.0246 e. The van der Waals surface area contributed by atoms with Crippen LogP contribution in [-0.4, -0.2) is 30.6 Å². The van der Waals surface area contributed by atoms with Crippen molar-refractivity contribution in [3.05, 3.63) is 0 Å². The molecule has 1 aliphatic heterocycles. The summed E-state index contributed by atoms with van der Waals surface area (Å²) in [6.45, 7) is 10.6. The van der Waals surface area contributed by atoms with E-state index >= 15 is 0 Å². The third-order valence-electron chi connectivity index (χ3n) is 5.10. The standard InChI is InChI=1S/C15H30N2/c1-15(2,3)13-8-9-17(11-13)14(10-16)12-6-4-5-7-12/h12-14H,4-11,16H2,1-3H3. The Hall–Kier alpha value is -0.0800. The van der Waals surface area contributed by atoms with E-state index in [1.807, 2.05) is 0 Å². The van der Waals surface area contributed by atoms with Crippen molar-refractivity contribution in [3.63, 3.8) is 0 Å². The highest BCUT2D eigenvalue weighted by Crippen LogP contribution is 2.37. The molecule has 2 unspecified atom stereocenters. The summed E-state index contributed by atoms with van der Waals surface area (Å²) in [6, 6.07) is 0.671. The van der Waals surface area contributed by atoms with Crippen molar-refractivity contribution >= 4 is 0 Å². The van der Waals surface area contributed by atoms with Gasteiger partial charge < -0.3 is 5.73 Å². The van der Waals surface area contributed by atoms with Gasteiger partial charge in [0.1, 0.15) is 0 Å². The van der Waals surface area contributed by atoms with Crippen LogP contribution in [0.25, 0.3) is 0 Å². The van der Waals surface area contributed by atoms with Gasteiger partial charge in [0.15, 0.2) is 0 Å². The van der Waals surface area contributed by atoms with Gasteiger partial charge in [-0.05, 0) is 43.1 Å². The van der Waals surface area contributed by atoms with E-state index in [1.165, 1.54) is 45.2 Å². The quantitative estimate of drug-likeness (QED) is 0.819. The molecule has 100 valence electrons. The second kappa shape index (κ2) is 5.27. The van der Waals surface area contributed by atoms with Gasteiger partial charge in [0, 0.05) is 19.1 Å². The molecule has 2 N–H and O–H groups in total. The molecular formula is C15H30N2. The summed E-state index contributed by atoms with van der Waals surface area (Å²) in [4.78, 5) is 2.70. The normalized spacial score (nSPS) is 30.0. The van der Waals surface area contributed by atoms with Gasteiger partial charge in [0.05, 0.1) is 0 Å². The topological polar surface area (TPSA) is 29.3 Å². The predicted octanol–water partition coefficient (Wildman–Crippen LogP) is 2.87. The van der Waals surface area contributed by atoms with Gasteiger partial charge in [-0.15, -0.1) is 0 Å². The molecule has 2 atom stereocenters. The van der Waals surface area contributed by atoms with Crippen molar-refractivity contribution in [2.45, 2.75) is 58.9 Å². The van der Waals surface area contributed by atoms with Crippen LogP contribution in [0.3, 0.4) is 0 Å². The number of hydrogen-bond donors (Lipinski definition) is 1. The Morgan fingerprint density at radius 3 is 2.29 bits per heavy atom. The minimum absolute atomic E-state index is 0.462. The van der Waals surface area contributed by atoms with Crippen molar-refractivity contribution in [3.8, 4) is 0 Å². The summed E-state index contributed by atoms with van der Waals surface area (Å²) in [5.74, 6) is 1.75. The highest BCUT2D eigenvalue weighted by Gasteiger charge is 2.37. The Kier molecular flexibility index (Phi) is 4.14. The monoisotopic (exact) mass is 238 g/mol. The molecule has 17 heavy (non-hydrogen) atoms. The maximum absolute atomic E-state index is 6.05. The molecule has 2 heteroatoms. The van der Waals surface area contributed by atoms with Crippen LogP contribution in [0.15, 0.2) is 0 Å². The molecule has 2 fully saturated rings. The Morgan fingerprint density at radius 2 is 1.82 bits per heavy atom. The minimum atomic E-state index is 0.462. The number of nitrogens with two attached hydrogens (primary N) is 1. The van der Waals surface area contributed by atoms with Crippen molar-refractivity contribution < 1.29 is 0 Å². The van der Waals surface area contributed by atoms with Gasteiger partial charge in [-0.25, -0.2) is 0 Å². The van der Waals surface area contributed by atoms with Crippen LogP contribution in [-0.2, 0) is 0 Å².